The maximum Gasteiger partial charge on any atom is 0.0254 e. The maximum absolute atomic E-state index is 5.70. The van der Waals surface area contributed by atoms with Gasteiger partial charge in [-0.05, 0) is 12.8 Å². The average Bonchev–Trinajstić information content (AvgIpc) is 2.11. The molecule has 0 aromatic heterocycles. The topological polar surface area (TPSA) is 38.0 Å². The first-order valence-electron chi connectivity index (χ1n) is 4.54. The quantitative estimate of drug-likeness (QED) is 0.547. The fraction of sp³-hybridized carbons (Fsp3) is 0.889. The number of nitrogens with two attached hydrogens (primary N) is 1. The third kappa shape index (κ3) is 5.01. The Morgan fingerprint density at radius 3 is 2.58 bits per heavy atom. The monoisotopic (exact) mass is 189 g/mol. The summed E-state index contributed by atoms with van der Waals surface area (Å²) in [4.78, 5) is 0. The zero-order valence-electron chi connectivity index (χ0n) is 8.09. The minimum atomic E-state index is 0.140. The average molecular weight is 189 g/mol. The predicted octanol–water partition coefficient (Wildman–Crippen LogP) is 1.08. The van der Waals surface area contributed by atoms with Crippen molar-refractivity contribution in [2.45, 2.75) is 32.4 Å². The van der Waals surface area contributed by atoms with Crippen LogP contribution in [0.5, 0.6) is 0 Å². The molecule has 3 heteroatoms. The van der Waals surface area contributed by atoms with Crippen LogP contribution in [0.15, 0.2) is 0 Å². The van der Waals surface area contributed by atoms with E-state index in [0.717, 1.165) is 18.7 Å². The summed E-state index contributed by atoms with van der Waals surface area (Å²) in [5, 5.41) is 3.30. The highest BCUT2D eigenvalue weighted by Gasteiger charge is 2.10. The van der Waals surface area contributed by atoms with Crippen LogP contribution in [-0.2, 0) is 0 Å². The third-order valence-corrected chi connectivity index (χ3v) is 2.68. The summed E-state index contributed by atoms with van der Waals surface area (Å²) >= 11 is 4.11. The van der Waals surface area contributed by atoms with Crippen LogP contribution in [0.2, 0.25) is 0 Å². The molecule has 0 fully saturated rings. The van der Waals surface area contributed by atoms with Crippen LogP contribution in [0.3, 0.4) is 0 Å². The van der Waals surface area contributed by atoms with Gasteiger partial charge < -0.3 is 11.1 Å². The van der Waals surface area contributed by atoms with Gasteiger partial charge in [-0.1, -0.05) is 20.3 Å². The lowest BCUT2D eigenvalue weighted by atomic mass is 10.0. The van der Waals surface area contributed by atoms with Crippen molar-refractivity contribution in [2.24, 2.45) is 11.7 Å². The summed E-state index contributed by atoms with van der Waals surface area (Å²) in [6.45, 7) is 9.19. The van der Waals surface area contributed by atoms with Crippen LogP contribution < -0.4 is 11.1 Å². The molecular weight excluding hydrogens is 168 g/mol. The molecular formula is C9H21N2S. The Morgan fingerprint density at radius 2 is 2.17 bits per heavy atom. The molecule has 3 atom stereocenters. The van der Waals surface area contributed by atoms with Crippen molar-refractivity contribution in [1.29, 1.82) is 0 Å². The van der Waals surface area contributed by atoms with Gasteiger partial charge in [0.15, 0.2) is 0 Å². The van der Waals surface area contributed by atoms with E-state index in [2.05, 4.69) is 38.7 Å². The van der Waals surface area contributed by atoms with Gasteiger partial charge in [-0.2, -0.15) is 12.6 Å². The molecule has 0 aromatic carbocycles. The Balaban J connectivity index is 3.49. The van der Waals surface area contributed by atoms with Crippen molar-refractivity contribution < 1.29 is 0 Å². The molecule has 73 valence electrons. The lowest BCUT2D eigenvalue weighted by Crippen LogP contribution is -2.41. The standard InChI is InChI=1S/C9H21N2S/c1-4-7(2)8(3)11-5-9(10)6-12/h7-9,11-12H,3-6,10H2,1-2H3/t7-,8-,9+/m0/s1. The van der Waals surface area contributed by atoms with Gasteiger partial charge in [-0.25, -0.2) is 0 Å². The van der Waals surface area contributed by atoms with Crippen LogP contribution in [0, 0.1) is 12.8 Å². The van der Waals surface area contributed by atoms with E-state index < -0.39 is 0 Å². The second-order valence-electron chi connectivity index (χ2n) is 3.34. The number of hydrogen-bond donors (Lipinski definition) is 3. The van der Waals surface area contributed by atoms with E-state index in [-0.39, 0.29) is 6.04 Å². The van der Waals surface area contributed by atoms with Gasteiger partial charge in [-0.15, -0.1) is 0 Å². The minimum Gasteiger partial charge on any atom is -0.326 e. The molecule has 3 N–H and O–H groups in total. The molecule has 0 amide bonds. The number of nitrogens with one attached hydrogen (secondary N) is 1. The summed E-state index contributed by atoms with van der Waals surface area (Å²) in [7, 11) is 0. The highest BCUT2D eigenvalue weighted by Crippen LogP contribution is 2.05. The zero-order chi connectivity index (χ0) is 9.56. The van der Waals surface area contributed by atoms with Crippen LogP contribution >= 0.6 is 12.6 Å². The maximum atomic E-state index is 5.70. The summed E-state index contributed by atoms with van der Waals surface area (Å²) in [5.41, 5.74) is 5.70. The predicted molar refractivity (Wildman–Crippen MR) is 58.4 cm³/mol. The van der Waals surface area contributed by atoms with E-state index in [1.165, 1.54) is 0 Å². The Kier molecular flexibility index (Phi) is 6.90. The molecule has 0 saturated heterocycles. The van der Waals surface area contributed by atoms with E-state index in [4.69, 9.17) is 5.73 Å². The van der Waals surface area contributed by atoms with E-state index >= 15 is 0 Å². The normalized spacial score (nSPS) is 18.8. The van der Waals surface area contributed by atoms with Crippen LogP contribution in [0.4, 0.5) is 0 Å². The summed E-state index contributed by atoms with van der Waals surface area (Å²) in [6.07, 6.45) is 1.15. The summed E-state index contributed by atoms with van der Waals surface area (Å²) in [5.74, 6) is 1.33. The van der Waals surface area contributed by atoms with Crippen molar-refractivity contribution in [3.8, 4) is 0 Å². The van der Waals surface area contributed by atoms with Crippen molar-refractivity contribution in [3.05, 3.63) is 6.92 Å². The third-order valence-electron chi connectivity index (χ3n) is 2.21. The molecule has 0 rings (SSSR count). The zero-order valence-corrected chi connectivity index (χ0v) is 8.98. The van der Waals surface area contributed by atoms with E-state index in [9.17, 15) is 0 Å². The van der Waals surface area contributed by atoms with E-state index in [0.29, 0.717) is 12.0 Å². The molecule has 0 aromatic rings. The van der Waals surface area contributed by atoms with Gasteiger partial charge in [0.2, 0.25) is 0 Å². The van der Waals surface area contributed by atoms with E-state index in [1.54, 1.807) is 0 Å². The summed E-state index contributed by atoms with van der Waals surface area (Å²) in [6, 6.07) is 0.447. The first-order chi connectivity index (χ1) is 5.61. The molecule has 0 unspecified atom stereocenters. The Bertz CT molecular complexity index is 109. The lowest BCUT2D eigenvalue weighted by Gasteiger charge is -2.21. The Hall–Kier alpha value is 0.270. The first-order valence-corrected chi connectivity index (χ1v) is 5.18. The van der Waals surface area contributed by atoms with Gasteiger partial charge in [0, 0.05) is 24.4 Å². The molecule has 0 saturated carbocycles. The van der Waals surface area contributed by atoms with Gasteiger partial charge in [0.25, 0.3) is 0 Å². The lowest BCUT2D eigenvalue weighted by molar-refractivity contribution is 0.413. The fourth-order valence-electron chi connectivity index (χ4n) is 0.853. The molecule has 0 heterocycles. The molecule has 0 aliphatic carbocycles. The first kappa shape index (κ1) is 12.3. The van der Waals surface area contributed by atoms with Gasteiger partial charge in [-0.3, -0.25) is 0 Å². The smallest absolute Gasteiger partial charge is 0.0254 e. The highest BCUT2D eigenvalue weighted by atomic mass is 32.1. The Morgan fingerprint density at radius 1 is 1.58 bits per heavy atom. The van der Waals surface area contributed by atoms with Crippen molar-refractivity contribution >= 4 is 12.6 Å². The summed E-state index contributed by atoms with van der Waals surface area (Å²) < 4.78 is 0. The molecule has 0 aliphatic rings. The van der Waals surface area contributed by atoms with Gasteiger partial charge in [0.1, 0.15) is 0 Å². The highest BCUT2D eigenvalue weighted by molar-refractivity contribution is 7.80. The van der Waals surface area contributed by atoms with Gasteiger partial charge in [0.05, 0.1) is 0 Å². The molecule has 12 heavy (non-hydrogen) atoms. The van der Waals surface area contributed by atoms with Crippen LogP contribution in [-0.4, -0.2) is 24.4 Å². The number of hydrogen-bond acceptors (Lipinski definition) is 3. The molecule has 0 bridgehead atoms. The van der Waals surface area contributed by atoms with Crippen molar-refractivity contribution in [2.75, 3.05) is 12.3 Å². The van der Waals surface area contributed by atoms with Crippen LogP contribution in [0.1, 0.15) is 20.3 Å². The second kappa shape index (κ2) is 6.75. The second-order valence-corrected chi connectivity index (χ2v) is 3.71. The molecule has 0 spiro atoms. The van der Waals surface area contributed by atoms with E-state index in [1.807, 2.05) is 0 Å². The minimum absolute atomic E-state index is 0.140. The van der Waals surface area contributed by atoms with Crippen LogP contribution in [0.25, 0.3) is 0 Å². The largest absolute Gasteiger partial charge is 0.326 e. The number of rotatable bonds is 6. The Labute approximate surface area is 81.7 Å². The SMILES string of the molecule is [CH2][C@H](NC[C@@H](N)CS)[C@@H](C)CC. The van der Waals surface area contributed by atoms with Crippen molar-refractivity contribution in [1.82, 2.24) is 5.32 Å². The fourth-order valence-corrected chi connectivity index (χ4v) is 0.982. The molecule has 2 nitrogen and oxygen atoms in total. The molecule has 0 aliphatic heterocycles. The number of thiol groups is 1. The van der Waals surface area contributed by atoms with Crippen molar-refractivity contribution in [3.63, 3.8) is 0 Å². The van der Waals surface area contributed by atoms with Gasteiger partial charge >= 0.3 is 0 Å². The molecule has 1 radical (unpaired) electrons.